The van der Waals surface area contributed by atoms with E-state index in [1.165, 1.54) is 0 Å². The Morgan fingerprint density at radius 2 is 2.08 bits per heavy atom. The number of hydrogen-bond acceptors (Lipinski definition) is 5. The molecule has 1 unspecified atom stereocenters. The second-order valence-corrected chi connectivity index (χ2v) is 2.24. The van der Waals surface area contributed by atoms with Gasteiger partial charge in [0.15, 0.2) is 5.71 Å². The molecular weight excluding hydrogens is 180 g/mol. The second kappa shape index (κ2) is 3.23. The molecule has 1 atom stereocenters. The normalized spacial score (nSPS) is 21.2. The third-order valence-electron chi connectivity index (χ3n) is 1.41. The fraction of sp³-hybridized carbons (Fsp3) is 0.167. The van der Waals surface area contributed by atoms with Gasteiger partial charge in [-0.3, -0.25) is 5.21 Å². The van der Waals surface area contributed by atoms with Gasteiger partial charge in [0, 0.05) is 12.4 Å². The van der Waals surface area contributed by atoms with E-state index in [1.807, 2.05) is 0 Å². The van der Waals surface area contributed by atoms with Gasteiger partial charge in [-0.05, 0) is 0 Å². The van der Waals surface area contributed by atoms with Crippen LogP contribution in [0.15, 0.2) is 17.4 Å². The largest absolute Gasteiger partial charge is 0.479 e. The highest BCUT2D eigenvalue weighted by Gasteiger charge is 2.34. The second-order valence-electron chi connectivity index (χ2n) is 2.24. The van der Waals surface area contributed by atoms with E-state index in [-0.39, 0.29) is 5.06 Å². The monoisotopic (exact) mass is 186 g/mol. The summed E-state index contributed by atoms with van der Waals surface area (Å²) in [5, 5.41) is 26.3. The first-order chi connectivity index (χ1) is 6.04. The lowest BCUT2D eigenvalue weighted by molar-refractivity contribution is -0.153. The van der Waals surface area contributed by atoms with Gasteiger partial charge in [-0.15, -0.1) is 0 Å². The first kappa shape index (κ1) is 9.20. The van der Waals surface area contributed by atoms with Crippen molar-refractivity contribution >= 4 is 17.7 Å². The van der Waals surface area contributed by atoms with E-state index in [2.05, 4.69) is 4.99 Å². The Kier molecular flexibility index (Phi) is 2.29. The van der Waals surface area contributed by atoms with Crippen LogP contribution in [0.5, 0.6) is 0 Å². The van der Waals surface area contributed by atoms with Crippen LogP contribution < -0.4 is 0 Å². The van der Waals surface area contributed by atoms with Crippen molar-refractivity contribution in [3.63, 3.8) is 0 Å². The molecule has 70 valence electrons. The fourth-order valence-electron chi connectivity index (χ4n) is 0.866. The topological polar surface area (TPSA) is 110 Å². The number of hydrogen-bond donors (Lipinski definition) is 3. The van der Waals surface area contributed by atoms with Gasteiger partial charge in [0.05, 0.1) is 0 Å². The molecule has 3 N–H and O–H groups in total. The zero-order valence-electron chi connectivity index (χ0n) is 6.28. The molecule has 13 heavy (non-hydrogen) atoms. The highest BCUT2D eigenvalue weighted by molar-refractivity contribution is 6.41. The lowest BCUT2D eigenvalue weighted by Gasteiger charge is -2.22. The molecule has 0 spiro atoms. The Morgan fingerprint density at radius 1 is 1.46 bits per heavy atom. The summed E-state index contributed by atoms with van der Waals surface area (Å²) in [6, 6.07) is -1.65. The molecule has 0 aromatic rings. The Morgan fingerprint density at radius 3 is 2.46 bits per heavy atom. The van der Waals surface area contributed by atoms with Crippen LogP contribution in [0.1, 0.15) is 0 Å². The maximum absolute atomic E-state index is 10.5. The fourth-order valence-corrected chi connectivity index (χ4v) is 0.866. The van der Waals surface area contributed by atoms with Gasteiger partial charge in [0.1, 0.15) is 0 Å². The Bertz CT molecular complexity index is 308. The smallest absolute Gasteiger partial charge is 0.353 e. The Hall–Kier alpha value is -1.89. The Balaban J connectivity index is 3.02. The average Bonchev–Trinajstić information content (AvgIpc) is 2.02. The molecule has 7 heteroatoms. The van der Waals surface area contributed by atoms with Crippen molar-refractivity contribution in [2.75, 3.05) is 0 Å². The van der Waals surface area contributed by atoms with Crippen LogP contribution in [0.25, 0.3) is 0 Å². The van der Waals surface area contributed by atoms with Crippen LogP contribution in [0.3, 0.4) is 0 Å². The van der Waals surface area contributed by atoms with E-state index in [9.17, 15) is 9.59 Å². The number of carboxylic acid groups (broad SMARTS) is 2. The highest BCUT2D eigenvalue weighted by atomic mass is 16.5. The molecule has 1 aliphatic heterocycles. The SMILES string of the molecule is O=C(O)C1=NC=CN(O)C1C(=O)O. The molecular formula is C6H6N2O5. The summed E-state index contributed by atoms with van der Waals surface area (Å²) in [4.78, 5) is 24.3. The van der Waals surface area contributed by atoms with Gasteiger partial charge in [-0.2, -0.15) is 0 Å². The predicted octanol–water partition coefficient (Wildman–Crippen LogP) is -0.859. The van der Waals surface area contributed by atoms with Gasteiger partial charge in [0.2, 0.25) is 6.04 Å². The highest BCUT2D eigenvalue weighted by Crippen LogP contribution is 2.07. The molecule has 0 fully saturated rings. The summed E-state index contributed by atoms with van der Waals surface area (Å²) in [6.07, 6.45) is 1.97. The van der Waals surface area contributed by atoms with E-state index in [0.717, 1.165) is 12.4 Å². The molecule has 1 rings (SSSR count). The van der Waals surface area contributed by atoms with E-state index < -0.39 is 23.7 Å². The first-order valence-electron chi connectivity index (χ1n) is 3.21. The van der Waals surface area contributed by atoms with Crippen molar-refractivity contribution in [3.8, 4) is 0 Å². The molecule has 0 saturated carbocycles. The number of aliphatic imine (C=N–C) groups is 1. The van der Waals surface area contributed by atoms with Crippen molar-refractivity contribution in [3.05, 3.63) is 12.4 Å². The maximum Gasteiger partial charge on any atom is 0.353 e. The summed E-state index contributed by atoms with van der Waals surface area (Å²) < 4.78 is 0. The average molecular weight is 186 g/mol. The van der Waals surface area contributed by atoms with E-state index in [4.69, 9.17) is 15.4 Å². The van der Waals surface area contributed by atoms with Crippen LogP contribution in [0.4, 0.5) is 0 Å². The minimum Gasteiger partial charge on any atom is -0.479 e. The molecule has 0 aromatic heterocycles. The van der Waals surface area contributed by atoms with E-state index in [1.54, 1.807) is 0 Å². The van der Waals surface area contributed by atoms with Crippen molar-refractivity contribution in [2.24, 2.45) is 4.99 Å². The summed E-state index contributed by atoms with van der Waals surface area (Å²) in [6.45, 7) is 0. The quantitative estimate of drug-likeness (QED) is 0.517. The van der Waals surface area contributed by atoms with Gasteiger partial charge in [0.25, 0.3) is 0 Å². The molecule has 1 aliphatic rings. The van der Waals surface area contributed by atoms with Crippen molar-refractivity contribution < 1.29 is 25.0 Å². The molecule has 0 bridgehead atoms. The van der Waals surface area contributed by atoms with Crippen LogP contribution in [-0.2, 0) is 9.59 Å². The third-order valence-corrected chi connectivity index (χ3v) is 1.41. The minimum absolute atomic E-state index is 0.277. The van der Waals surface area contributed by atoms with E-state index in [0.29, 0.717) is 0 Å². The van der Waals surface area contributed by atoms with Crippen molar-refractivity contribution in [2.45, 2.75) is 6.04 Å². The molecule has 0 amide bonds. The van der Waals surface area contributed by atoms with Crippen molar-refractivity contribution in [1.82, 2.24) is 5.06 Å². The zero-order valence-corrected chi connectivity index (χ0v) is 6.28. The number of aliphatic carboxylic acids is 2. The molecule has 0 aliphatic carbocycles. The van der Waals surface area contributed by atoms with Gasteiger partial charge >= 0.3 is 11.9 Å². The van der Waals surface area contributed by atoms with Gasteiger partial charge < -0.3 is 10.2 Å². The summed E-state index contributed by atoms with van der Waals surface area (Å²) in [5.74, 6) is -2.95. The van der Waals surface area contributed by atoms with Crippen LogP contribution in [-0.4, -0.2) is 44.2 Å². The maximum atomic E-state index is 10.5. The van der Waals surface area contributed by atoms with E-state index >= 15 is 0 Å². The third kappa shape index (κ3) is 1.64. The standard InChI is InChI=1S/C6H6N2O5/c9-5(10)3-4(6(11)12)8(13)2-1-7-3/h1-2,4,13H,(H,9,10)(H,11,12). The lowest BCUT2D eigenvalue weighted by atomic mass is 10.1. The summed E-state index contributed by atoms with van der Waals surface area (Å²) in [7, 11) is 0. The zero-order chi connectivity index (χ0) is 10.0. The first-order valence-corrected chi connectivity index (χ1v) is 3.21. The molecule has 0 saturated heterocycles. The van der Waals surface area contributed by atoms with Crippen LogP contribution in [0.2, 0.25) is 0 Å². The van der Waals surface area contributed by atoms with Gasteiger partial charge in [-0.25, -0.2) is 19.6 Å². The molecule has 1 heterocycles. The Labute approximate surface area is 72.2 Å². The summed E-state index contributed by atoms with van der Waals surface area (Å²) >= 11 is 0. The number of rotatable bonds is 2. The van der Waals surface area contributed by atoms with Crippen LogP contribution in [0, 0.1) is 0 Å². The predicted molar refractivity (Wildman–Crippen MR) is 39.3 cm³/mol. The number of carbonyl (C=O) groups is 2. The summed E-state index contributed by atoms with van der Waals surface area (Å²) in [5.41, 5.74) is -0.627. The molecule has 0 aromatic carbocycles. The molecule has 0 radical (unpaired) electrons. The number of nitrogens with zero attached hydrogens (tertiary/aromatic N) is 2. The number of hydroxylamine groups is 2. The lowest BCUT2D eigenvalue weighted by Crippen LogP contribution is -2.46. The van der Waals surface area contributed by atoms with Crippen molar-refractivity contribution in [1.29, 1.82) is 0 Å². The van der Waals surface area contributed by atoms with Gasteiger partial charge in [-0.1, -0.05) is 0 Å². The number of carboxylic acids is 2. The van der Waals surface area contributed by atoms with Crippen LogP contribution >= 0.6 is 0 Å². The molecule has 7 nitrogen and oxygen atoms in total. The minimum atomic E-state index is -1.65.